The second-order valence-corrected chi connectivity index (χ2v) is 9.18. The molecule has 4 N–H and O–H groups in total. The van der Waals surface area contributed by atoms with Crippen LogP contribution in [-0.4, -0.2) is 54.9 Å². The quantitative estimate of drug-likeness (QED) is 0.408. The molecule has 1 saturated heterocycles. The van der Waals surface area contributed by atoms with Crippen LogP contribution in [0.15, 0.2) is 22.8 Å². The first-order valence-corrected chi connectivity index (χ1v) is 9.30. The molecule has 6 heteroatoms. The summed E-state index contributed by atoms with van der Waals surface area (Å²) < 4.78 is 5.72. The number of esters is 1. The number of hydrogen-bond acceptors (Lipinski definition) is 6. The topological polar surface area (TPSA) is 107 Å². The Labute approximate surface area is 153 Å². The fourth-order valence-corrected chi connectivity index (χ4v) is 6.61. The number of carbonyl (C=O) groups is 1. The largest absolute Gasteiger partial charge is 0.448 e. The molecule has 0 aromatic carbocycles. The Morgan fingerprint density at radius 2 is 1.85 bits per heavy atom. The van der Waals surface area contributed by atoms with Crippen molar-refractivity contribution in [2.45, 2.75) is 82.4 Å². The van der Waals surface area contributed by atoms with Crippen molar-refractivity contribution in [3.63, 3.8) is 0 Å². The average Bonchev–Trinajstić information content (AvgIpc) is 2.71. The number of allylic oxidation sites excluding steroid dienone is 1. The molecule has 4 rings (SSSR count). The second-order valence-electron chi connectivity index (χ2n) is 9.18. The molecule has 1 heterocycles. The predicted octanol–water partition coefficient (Wildman–Crippen LogP) is 0.972. The van der Waals surface area contributed by atoms with Gasteiger partial charge in [0.2, 0.25) is 0 Å². The molecule has 6 atom stereocenters. The normalized spacial score (nSPS) is 52.8. The van der Waals surface area contributed by atoms with Gasteiger partial charge in [0, 0.05) is 5.41 Å². The van der Waals surface area contributed by atoms with E-state index in [0.717, 1.165) is 5.57 Å². The van der Waals surface area contributed by atoms with Crippen LogP contribution in [0.25, 0.3) is 0 Å². The number of hydrogen-bond donors (Lipinski definition) is 4. The molecular weight excluding hydrogens is 336 g/mol. The lowest BCUT2D eigenvalue weighted by atomic mass is 9.58. The third-order valence-electron chi connectivity index (χ3n) is 7.85. The number of fused-ring (bicyclic) bond motifs is 2. The highest BCUT2D eigenvalue weighted by atomic mass is 16.6. The van der Waals surface area contributed by atoms with Crippen LogP contribution in [0.3, 0.4) is 0 Å². The van der Waals surface area contributed by atoms with Crippen molar-refractivity contribution in [1.29, 1.82) is 0 Å². The van der Waals surface area contributed by atoms with Crippen LogP contribution in [0.5, 0.6) is 0 Å². The maximum Gasteiger partial charge on any atom is 0.307 e. The van der Waals surface area contributed by atoms with E-state index < -0.39 is 39.9 Å². The van der Waals surface area contributed by atoms with Gasteiger partial charge in [-0.05, 0) is 49.8 Å². The number of aliphatic hydroxyl groups is 4. The number of carbonyl (C=O) groups excluding carboxylic acids is 1. The zero-order valence-electron chi connectivity index (χ0n) is 16.0. The first-order valence-electron chi connectivity index (χ1n) is 9.30. The van der Waals surface area contributed by atoms with Crippen LogP contribution in [0.4, 0.5) is 0 Å². The summed E-state index contributed by atoms with van der Waals surface area (Å²) in [4.78, 5) is 12.5. The Bertz CT molecular complexity index is 783. The summed E-state index contributed by atoms with van der Waals surface area (Å²) in [6.45, 7) is 8.86. The molecule has 2 fully saturated rings. The lowest BCUT2D eigenvalue weighted by Gasteiger charge is -2.55. The summed E-state index contributed by atoms with van der Waals surface area (Å²) in [6.07, 6.45) is 0.733. The van der Waals surface area contributed by atoms with E-state index in [1.54, 1.807) is 19.9 Å². The molecule has 1 saturated carbocycles. The highest BCUT2D eigenvalue weighted by molar-refractivity contribution is 5.78. The lowest BCUT2D eigenvalue weighted by Crippen LogP contribution is -2.69. The van der Waals surface area contributed by atoms with E-state index in [4.69, 9.17) is 4.74 Å². The molecular formula is C20H28O6. The first-order chi connectivity index (χ1) is 11.8. The number of rotatable bonds is 1. The maximum absolute atomic E-state index is 12.5. The molecule has 26 heavy (non-hydrogen) atoms. The fraction of sp³-hybridized carbons (Fsp3) is 0.750. The summed E-state index contributed by atoms with van der Waals surface area (Å²) in [6, 6.07) is 0. The summed E-state index contributed by atoms with van der Waals surface area (Å²) >= 11 is 0. The molecule has 0 radical (unpaired) electrons. The average molecular weight is 364 g/mol. The van der Waals surface area contributed by atoms with Gasteiger partial charge < -0.3 is 25.2 Å². The Kier molecular flexibility index (Phi) is 3.22. The second kappa shape index (κ2) is 4.61. The van der Waals surface area contributed by atoms with Crippen molar-refractivity contribution in [1.82, 2.24) is 0 Å². The molecule has 0 aromatic heterocycles. The SMILES string of the molecule is CC1=CC23OC(=O)CC(C)(C2(O)CC1)[C@]1(O)[C@@H](O)C(C(C)C)=C(C)C31O. The van der Waals surface area contributed by atoms with E-state index in [9.17, 15) is 25.2 Å². The van der Waals surface area contributed by atoms with Gasteiger partial charge >= 0.3 is 5.97 Å². The molecule has 0 spiro atoms. The fourth-order valence-electron chi connectivity index (χ4n) is 6.61. The molecule has 0 aromatic rings. The molecule has 1 aliphatic heterocycles. The molecule has 4 unspecified atom stereocenters. The van der Waals surface area contributed by atoms with E-state index >= 15 is 0 Å². The van der Waals surface area contributed by atoms with Gasteiger partial charge in [-0.25, -0.2) is 0 Å². The Balaban J connectivity index is 2.16. The van der Waals surface area contributed by atoms with E-state index in [1.807, 2.05) is 20.8 Å². The molecule has 6 nitrogen and oxygen atoms in total. The van der Waals surface area contributed by atoms with Gasteiger partial charge in [-0.15, -0.1) is 0 Å². The Morgan fingerprint density at radius 1 is 1.23 bits per heavy atom. The van der Waals surface area contributed by atoms with E-state index in [1.165, 1.54) is 0 Å². The van der Waals surface area contributed by atoms with Crippen LogP contribution in [0.2, 0.25) is 0 Å². The van der Waals surface area contributed by atoms with Gasteiger partial charge in [0.15, 0.2) is 11.2 Å². The van der Waals surface area contributed by atoms with Crippen molar-refractivity contribution in [2.75, 3.05) is 0 Å². The molecule has 0 amide bonds. The van der Waals surface area contributed by atoms with Gasteiger partial charge in [0.25, 0.3) is 0 Å². The third kappa shape index (κ3) is 1.37. The highest BCUT2D eigenvalue weighted by Crippen LogP contribution is 2.76. The van der Waals surface area contributed by atoms with Crippen molar-refractivity contribution >= 4 is 5.97 Å². The first kappa shape index (κ1) is 18.2. The molecule has 144 valence electrons. The van der Waals surface area contributed by atoms with Gasteiger partial charge in [-0.2, -0.15) is 0 Å². The van der Waals surface area contributed by atoms with Crippen LogP contribution in [0, 0.1) is 11.3 Å². The van der Waals surface area contributed by atoms with Crippen molar-refractivity contribution in [3.05, 3.63) is 22.8 Å². The van der Waals surface area contributed by atoms with Crippen LogP contribution in [-0.2, 0) is 9.53 Å². The molecule has 2 bridgehead atoms. The van der Waals surface area contributed by atoms with Crippen molar-refractivity contribution in [2.24, 2.45) is 11.3 Å². The Morgan fingerprint density at radius 3 is 2.42 bits per heavy atom. The van der Waals surface area contributed by atoms with Crippen molar-refractivity contribution < 1.29 is 30.0 Å². The zero-order chi connectivity index (χ0) is 19.5. The highest BCUT2D eigenvalue weighted by Gasteiger charge is 2.93. The minimum Gasteiger partial charge on any atom is -0.448 e. The lowest BCUT2D eigenvalue weighted by molar-refractivity contribution is -0.244. The smallest absolute Gasteiger partial charge is 0.307 e. The predicted molar refractivity (Wildman–Crippen MR) is 92.9 cm³/mol. The minimum atomic E-state index is -2.13. The van der Waals surface area contributed by atoms with Crippen molar-refractivity contribution in [3.8, 4) is 0 Å². The molecule has 3 aliphatic carbocycles. The van der Waals surface area contributed by atoms with Crippen LogP contribution in [0.1, 0.15) is 53.9 Å². The Hall–Kier alpha value is -1.21. The van der Waals surface area contributed by atoms with Gasteiger partial charge in [-0.3, -0.25) is 4.79 Å². The monoisotopic (exact) mass is 364 g/mol. The van der Waals surface area contributed by atoms with E-state index in [-0.39, 0.29) is 18.8 Å². The summed E-state index contributed by atoms with van der Waals surface area (Å²) in [5.41, 5.74) is -7.40. The zero-order valence-corrected chi connectivity index (χ0v) is 16.0. The van der Waals surface area contributed by atoms with E-state index in [2.05, 4.69) is 0 Å². The molecule has 4 aliphatic rings. The third-order valence-corrected chi connectivity index (χ3v) is 7.85. The minimum absolute atomic E-state index is 0.123. The van der Waals surface area contributed by atoms with Gasteiger partial charge in [0.05, 0.1) is 6.42 Å². The van der Waals surface area contributed by atoms with Gasteiger partial charge in [0.1, 0.15) is 17.3 Å². The summed E-state index contributed by atoms with van der Waals surface area (Å²) in [5, 5.41) is 46.9. The number of aliphatic hydroxyl groups excluding tert-OH is 1. The summed E-state index contributed by atoms with van der Waals surface area (Å²) in [5.74, 6) is -0.715. The van der Waals surface area contributed by atoms with Gasteiger partial charge in [-0.1, -0.05) is 26.3 Å². The summed E-state index contributed by atoms with van der Waals surface area (Å²) in [7, 11) is 0. The van der Waals surface area contributed by atoms with E-state index in [0.29, 0.717) is 17.6 Å². The van der Waals surface area contributed by atoms with Crippen LogP contribution < -0.4 is 0 Å². The standard InChI is InChI=1S/C20H28O6/c1-10(2)14-12(4)19(24)18-8-11(3)6-7-17(18,23)16(5,9-13(21)26-18)20(19,25)15(14)22/h8,10,15,22-25H,6-7,9H2,1-5H3/t15-,16?,17?,18?,19?,20+/m0/s1. The van der Waals surface area contributed by atoms with Crippen LogP contribution >= 0.6 is 0 Å². The maximum atomic E-state index is 12.5. The number of ether oxygens (including phenoxy) is 1.